The summed E-state index contributed by atoms with van der Waals surface area (Å²) >= 11 is 0. The minimum absolute atomic E-state index is 0.0586. The molecule has 0 amide bonds. The zero-order chi connectivity index (χ0) is 15.4. The zero-order valence-electron chi connectivity index (χ0n) is 12.5. The first-order valence-corrected chi connectivity index (χ1v) is 6.93. The highest BCUT2D eigenvalue weighted by Gasteiger charge is 2.21. The van der Waals surface area contributed by atoms with Gasteiger partial charge in [-0.25, -0.2) is 8.78 Å². The van der Waals surface area contributed by atoms with Crippen molar-refractivity contribution < 1.29 is 13.5 Å². The van der Waals surface area contributed by atoms with Crippen molar-refractivity contribution in [2.75, 3.05) is 18.6 Å². The Balaban J connectivity index is 2.32. The van der Waals surface area contributed by atoms with Crippen LogP contribution in [0.25, 0.3) is 0 Å². The molecule has 3 nitrogen and oxygen atoms in total. The lowest BCUT2D eigenvalue weighted by Gasteiger charge is -2.31. The summed E-state index contributed by atoms with van der Waals surface area (Å²) in [4.78, 5) is 1.87. The van der Waals surface area contributed by atoms with E-state index in [1.807, 2.05) is 37.1 Å². The predicted octanol–water partition coefficient (Wildman–Crippen LogP) is 3.58. The summed E-state index contributed by atoms with van der Waals surface area (Å²) < 4.78 is 32.8. The molecule has 114 valence electrons. The Morgan fingerprint density at radius 1 is 1.33 bits per heavy atom. The molecule has 5 heteroatoms. The maximum Gasteiger partial charge on any atom is 0.192 e. The maximum absolute atomic E-state index is 14.4. The second-order valence-electron chi connectivity index (χ2n) is 5.15. The standard InChI is InChI=1S/C16H20F2N2O/c1-11(2)20(10-12-6-4-5-9-19-12)14-8-7-13(17)16(21-3)15(14)18/h5-9,11,19H,4,10H2,1-3H3. The van der Waals surface area contributed by atoms with E-state index in [9.17, 15) is 8.78 Å². The van der Waals surface area contributed by atoms with Gasteiger partial charge in [-0.15, -0.1) is 0 Å². The smallest absolute Gasteiger partial charge is 0.192 e. The lowest BCUT2D eigenvalue weighted by molar-refractivity contribution is 0.359. The number of methoxy groups -OCH3 is 1. The van der Waals surface area contributed by atoms with E-state index in [-0.39, 0.29) is 11.8 Å². The molecule has 0 unspecified atom stereocenters. The van der Waals surface area contributed by atoms with Gasteiger partial charge in [0.2, 0.25) is 0 Å². The molecule has 0 saturated heterocycles. The normalized spacial score (nSPS) is 13.9. The summed E-state index contributed by atoms with van der Waals surface area (Å²) in [6, 6.07) is 2.74. The molecule has 1 heterocycles. The summed E-state index contributed by atoms with van der Waals surface area (Å²) in [5.41, 5.74) is 1.33. The highest BCUT2D eigenvalue weighted by atomic mass is 19.1. The first-order chi connectivity index (χ1) is 10.0. The van der Waals surface area contributed by atoms with Crippen molar-refractivity contribution in [3.63, 3.8) is 0 Å². The van der Waals surface area contributed by atoms with Gasteiger partial charge in [-0.1, -0.05) is 12.2 Å². The molecule has 0 spiro atoms. The topological polar surface area (TPSA) is 24.5 Å². The summed E-state index contributed by atoms with van der Waals surface area (Å²) in [7, 11) is 1.26. The van der Waals surface area contributed by atoms with Crippen molar-refractivity contribution in [2.24, 2.45) is 0 Å². The van der Waals surface area contributed by atoms with E-state index in [1.54, 1.807) is 0 Å². The molecule has 0 atom stereocenters. The van der Waals surface area contributed by atoms with Crippen molar-refractivity contribution in [1.29, 1.82) is 0 Å². The molecule has 0 fully saturated rings. The van der Waals surface area contributed by atoms with Crippen LogP contribution in [-0.4, -0.2) is 19.7 Å². The fourth-order valence-electron chi connectivity index (χ4n) is 2.27. The average Bonchev–Trinajstić information content (AvgIpc) is 2.47. The first-order valence-electron chi connectivity index (χ1n) is 6.93. The highest BCUT2D eigenvalue weighted by molar-refractivity contribution is 5.54. The van der Waals surface area contributed by atoms with Crippen molar-refractivity contribution in [3.05, 3.63) is 47.8 Å². The minimum Gasteiger partial charge on any atom is -0.491 e. The lowest BCUT2D eigenvalue weighted by Crippen LogP contribution is -2.36. The van der Waals surface area contributed by atoms with Gasteiger partial charge in [-0.2, -0.15) is 0 Å². The summed E-state index contributed by atoms with van der Waals surface area (Å²) in [5.74, 6) is -1.71. The van der Waals surface area contributed by atoms with E-state index in [1.165, 1.54) is 19.2 Å². The molecule has 1 aliphatic rings. The van der Waals surface area contributed by atoms with Gasteiger partial charge in [0.25, 0.3) is 0 Å². The van der Waals surface area contributed by atoms with Crippen LogP contribution < -0.4 is 15.0 Å². The Morgan fingerprint density at radius 2 is 2.10 bits per heavy atom. The molecular weight excluding hydrogens is 274 g/mol. The molecule has 0 bridgehead atoms. The summed E-state index contributed by atoms with van der Waals surface area (Å²) in [6.07, 6.45) is 6.78. The number of dihydropyridines is 1. The van der Waals surface area contributed by atoms with Crippen LogP contribution in [0.2, 0.25) is 0 Å². The van der Waals surface area contributed by atoms with Gasteiger partial charge in [0, 0.05) is 11.7 Å². The molecule has 0 radical (unpaired) electrons. The number of allylic oxidation sites excluding steroid dienone is 2. The van der Waals surface area contributed by atoms with Crippen LogP contribution in [0.1, 0.15) is 20.3 Å². The fourth-order valence-corrected chi connectivity index (χ4v) is 2.27. The van der Waals surface area contributed by atoms with Crippen molar-refractivity contribution in [2.45, 2.75) is 26.3 Å². The quantitative estimate of drug-likeness (QED) is 0.898. The van der Waals surface area contributed by atoms with Gasteiger partial charge in [-0.05, 0) is 38.6 Å². The maximum atomic E-state index is 14.4. The van der Waals surface area contributed by atoms with Crippen LogP contribution in [0, 0.1) is 11.6 Å². The van der Waals surface area contributed by atoms with Crippen LogP contribution >= 0.6 is 0 Å². The van der Waals surface area contributed by atoms with Gasteiger partial charge < -0.3 is 15.0 Å². The number of nitrogens with one attached hydrogen (secondary N) is 1. The Hall–Kier alpha value is -2.04. The van der Waals surface area contributed by atoms with Gasteiger partial charge in [0.05, 0.1) is 19.3 Å². The summed E-state index contributed by atoms with van der Waals surface area (Å²) in [5, 5.41) is 3.14. The molecule has 0 aliphatic carbocycles. The predicted molar refractivity (Wildman–Crippen MR) is 80.4 cm³/mol. The van der Waals surface area contributed by atoms with Crippen LogP contribution in [-0.2, 0) is 0 Å². The molecular formula is C16H20F2N2O. The minimum atomic E-state index is -0.694. The Morgan fingerprint density at radius 3 is 2.67 bits per heavy atom. The zero-order valence-corrected chi connectivity index (χ0v) is 12.5. The number of hydrogen-bond donors (Lipinski definition) is 1. The number of nitrogens with zero attached hydrogens (tertiary/aromatic N) is 1. The fraction of sp³-hybridized carbons (Fsp3) is 0.375. The first kappa shape index (κ1) is 15.4. The van der Waals surface area contributed by atoms with E-state index >= 15 is 0 Å². The van der Waals surface area contributed by atoms with Gasteiger partial charge in [0.1, 0.15) is 0 Å². The number of benzene rings is 1. The SMILES string of the molecule is COc1c(F)ccc(N(CC2=CCC=CN2)C(C)C)c1F. The van der Waals surface area contributed by atoms with E-state index in [0.29, 0.717) is 12.2 Å². The van der Waals surface area contributed by atoms with Gasteiger partial charge >= 0.3 is 0 Å². The molecule has 1 N–H and O–H groups in total. The van der Waals surface area contributed by atoms with Crippen LogP contribution in [0.4, 0.5) is 14.5 Å². The van der Waals surface area contributed by atoms with E-state index in [2.05, 4.69) is 5.32 Å². The molecule has 1 aliphatic heterocycles. The molecule has 21 heavy (non-hydrogen) atoms. The van der Waals surface area contributed by atoms with E-state index < -0.39 is 11.6 Å². The van der Waals surface area contributed by atoms with Crippen LogP contribution in [0.5, 0.6) is 5.75 Å². The lowest BCUT2D eigenvalue weighted by atomic mass is 10.1. The molecule has 0 aromatic heterocycles. The monoisotopic (exact) mass is 294 g/mol. The second-order valence-corrected chi connectivity index (χ2v) is 5.15. The molecule has 1 aromatic carbocycles. The number of hydrogen-bond acceptors (Lipinski definition) is 3. The number of rotatable bonds is 5. The third-order valence-electron chi connectivity index (χ3n) is 3.39. The van der Waals surface area contributed by atoms with Crippen LogP contribution in [0.15, 0.2) is 36.2 Å². The second kappa shape index (κ2) is 6.61. The van der Waals surface area contributed by atoms with Crippen molar-refractivity contribution >= 4 is 5.69 Å². The van der Waals surface area contributed by atoms with Gasteiger partial charge in [0.15, 0.2) is 17.4 Å². The van der Waals surface area contributed by atoms with E-state index in [0.717, 1.165) is 12.1 Å². The third-order valence-corrected chi connectivity index (χ3v) is 3.39. The molecule has 0 saturated carbocycles. The third kappa shape index (κ3) is 3.35. The van der Waals surface area contributed by atoms with Crippen LogP contribution in [0.3, 0.4) is 0 Å². The highest BCUT2D eigenvalue weighted by Crippen LogP contribution is 2.31. The number of halogens is 2. The molecule has 1 aromatic rings. The van der Waals surface area contributed by atoms with Crippen molar-refractivity contribution in [3.8, 4) is 5.75 Å². The average molecular weight is 294 g/mol. The summed E-state index contributed by atoms with van der Waals surface area (Å²) in [6.45, 7) is 4.46. The number of ether oxygens (including phenoxy) is 1. The Bertz CT molecular complexity index is 568. The van der Waals surface area contributed by atoms with Gasteiger partial charge in [-0.3, -0.25) is 0 Å². The Labute approximate surface area is 123 Å². The van der Waals surface area contributed by atoms with Crippen molar-refractivity contribution in [1.82, 2.24) is 5.32 Å². The Kier molecular flexibility index (Phi) is 4.83. The van der Waals surface area contributed by atoms with E-state index in [4.69, 9.17) is 4.74 Å². The number of anilines is 1. The molecule has 2 rings (SSSR count). The largest absolute Gasteiger partial charge is 0.491 e.